The number of allylic oxidation sites excluding steroid dienone is 1. The number of fused-ring (bicyclic) bond motifs is 2. The molecule has 12 heavy (non-hydrogen) atoms. The van der Waals surface area contributed by atoms with E-state index in [9.17, 15) is 0 Å². The standard InChI is InChI=1S/C12H20/c1-4-12(2,3)11-8-9-5-6-10(11)7-9/h4,9-11H,1,5-8H2,2-3H3. The minimum atomic E-state index is 0.389. The summed E-state index contributed by atoms with van der Waals surface area (Å²) in [4.78, 5) is 0. The van der Waals surface area contributed by atoms with Gasteiger partial charge in [0.2, 0.25) is 0 Å². The second kappa shape index (κ2) is 2.61. The SMILES string of the molecule is C=CC(C)(C)C1CC2CCC1C2. The van der Waals surface area contributed by atoms with Crippen molar-refractivity contribution in [2.45, 2.75) is 39.5 Å². The van der Waals surface area contributed by atoms with Gasteiger partial charge >= 0.3 is 0 Å². The molecular formula is C12H20. The van der Waals surface area contributed by atoms with Crippen LogP contribution in [0.4, 0.5) is 0 Å². The van der Waals surface area contributed by atoms with Crippen molar-refractivity contribution < 1.29 is 0 Å². The Balaban J connectivity index is 2.11. The molecule has 0 aliphatic heterocycles. The summed E-state index contributed by atoms with van der Waals surface area (Å²) < 4.78 is 0. The fourth-order valence-electron chi connectivity index (χ4n) is 3.31. The van der Waals surface area contributed by atoms with Crippen molar-refractivity contribution >= 4 is 0 Å². The smallest absolute Gasteiger partial charge is 0.0147 e. The van der Waals surface area contributed by atoms with Gasteiger partial charge in [0.1, 0.15) is 0 Å². The lowest BCUT2D eigenvalue weighted by Gasteiger charge is -2.34. The molecule has 3 atom stereocenters. The Hall–Kier alpha value is -0.260. The van der Waals surface area contributed by atoms with Crippen LogP contribution in [0.25, 0.3) is 0 Å². The molecule has 2 aliphatic rings. The molecule has 0 heterocycles. The first-order valence-electron chi connectivity index (χ1n) is 5.27. The van der Waals surface area contributed by atoms with Crippen LogP contribution in [0.15, 0.2) is 12.7 Å². The lowest BCUT2D eigenvalue weighted by molar-refractivity contribution is 0.190. The van der Waals surface area contributed by atoms with Crippen LogP contribution in [0, 0.1) is 23.2 Å². The molecule has 2 aliphatic carbocycles. The van der Waals surface area contributed by atoms with E-state index in [4.69, 9.17) is 0 Å². The first-order chi connectivity index (χ1) is 5.63. The molecule has 0 N–H and O–H groups in total. The minimum absolute atomic E-state index is 0.389. The molecule has 0 saturated heterocycles. The molecule has 0 aromatic carbocycles. The fraction of sp³-hybridized carbons (Fsp3) is 0.833. The van der Waals surface area contributed by atoms with Crippen LogP contribution in [0.5, 0.6) is 0 Å². The third kappa shape index (κ3) is 1.12. The van der Waals surface area contributed by atoms with Crippen LogP contribution in [0.3, 0.4) is 0 Å². The molecule has 2 saturated carbocycles. The van der Waals surface area contributed by atoms with Crippen molar-refractivity contribution in [3.05, 3.63) is 12.7 Å². The number of rotatable bonds is 2. The van der Waals surface area contributed by atoms with Crippen LogP contribution < -0.4 is 0 Å². The molecule has 2 rings (SSSR count). The van der Waals surface area contributed by atoms with Crippen molar-refractivity contribution in [1.29, 1.82) is 0 Å². The summed E-state index contributed by atoms with van der Waals surface area (Å²) >= 11 is 0. The molecule has 68 valence electrons. The normalized spacial score (nSPS) is 40.3. The van der Waals surface area contributed by atoms with Crippen molar-refractivity contribution in [2.24, 2.45) is 23.2 Å². The van der Waals surface area contributed by atoms with Crippen molar-refractivity contribution in [2.75, 3.05) is 0 Å². The van der Waals surface area contributed by atoms with E-state index in [2.05, 4.69) is 26.5 Å². The van der Waals surface area contributed by atoms with Crippen molar-refractivity contribution in [3.8, 4) is 0 Å². The highest BCUT2D eigenvalue weighted by Gasteiger charge is 2.44. The zero-order valence-corrected chi connectivity index (χ0v) is 8.34. The zero-order valence-electron chi connectivity index (χ0n) is 8.34. The van der Waals surface area contributed by atoms with Gasteiger partial charge in [-0.05, 0) is 42.4 Å². The summed E-state index contributed by atoms with van der Waals surface area (Å²) in [5.41, 5.74) is 0.389. The zero-order chi connectivity index (χ0) is 8.77. The van der Waals surface area contributed by atoms with Gasteiger partial charge in [0.15, 0.2) is 0 Å². The molecule has 0 nitrogen and oxygen atoms in total. The molecule has 2 fully saturated rings. The van der Waals surface area contributed by atoms with Crippen molar-refractivity contribution in [1.82, 2.24) is 0 Å². The van der Waals surface area contributed by atoms with E-state index in [1.54, 1.807) is 0 Å². The van der Waals surface area contributed by atoms with Gasteiger partial charge in [-0.3, -0.25) is 0 Å². The summed E-state index contributed by atoms with van der Waals surface area (Å²) in [6.45, 7) is 8.67. The molecular weight excluding hydrogens is 144 g/mol. The molecule has 0 heteroatoms. The Kier molecular flexibility index (Phi) is 1.82. The highest BCUT2D eigenvalue weighted by atomic mass is 14.5. The van der Waals surface area contributed by atoms with Crippen LogP contribution >= 0.6 is 0 Å². The first-order valence-corrected chi connectivity index (χ1v) is 5.27. The summed E-state index contributed by atoms with van der Waals surface area (Å²) in [7, 11) is 0. The highest BCUT2D eigenvalue weighted by Crippen LogP contribution is 2.54. The van der Waals surface area contributed by atoms with Crippen LogP contribution in [0.2, 0.25) is 0 Å². The van der Waals surface area contributed by atoms with Gasteiger partial charge in [0, 0.05) is 0 Å². The Bertz CT molecular complexity index is 190. The fourth-order valence-corrected chi connectivity index (χ4v) is 3.31. The first kappa shape index (κ1) is 8.34. The lowest BCUT2D eigenvalue weighted by atomic mass is 9.70. The molecule has 2 bridgehead atoms. The summed E-state index contributed by atoms with van der Waals surface area (Å²) in [6, 6.07) is 0. The summed E-state index contributed by atoms with van der Waals surface area (Å²) in [5.74, 6) is 3.04. The van der Waals surface area contributed by atoms with Gasteiger partial charge in [0.05, 0.1) is 0 Å². The Labute approximate surface area is 76.1 Å². The van der Waals surface area contributed by atoms with E-state index >= 15 is 0 Å². The lowest BCUT2D eigenvalue weighted by Crippen LogP contribution is -2.26. The van der Waals surface area contributed by atoms with Gasteiger partial charge in [-0.1, -0.05) is 26.3 Å². The predicted octanol–water partition coefficient (Wildman–Crippen LogP) is 3.63. The van der Waals surface area contributed by atoms with Crippen LogP contribution in [-0.2, 0) is 0 Å². The van der Waals surface area contributed by atoms with Gasteiger partial charge in [-0.15, -0.1) is 6.58 Å². The number of hydrogen-bond acceptors (Lipinski definition) is 0. The van der Waals surface area contributed by atoms with E-state index in [1.807, 2.05) is 0 Å². The molecule has 0 aromatic heterocycles. The molecule has 0 aromatic rings. The van der Waals surface area contributed by atoms with Crippen LogP contribution in [0.1, 0.15) is 39.5 Å². The maximum absolute atomic E-state index is 3.96. The summed E-state index contributed by atoms with van der Waals surface area (Å²) in [6.07, 6.45) is 8.16. The van der Waals surface area contributed by atoms with Crippen LogP contribution in [-0.4, -0.2) is 0 Å². The van der Waals surface area contributed by atoms with Crippen molar-refractivity contribution in [3.63, 3.8) is 0 Å². The van der Waals surface area contributed by atoms with Gasteiger partial charge < -0.3 is 0 Å². The monoisotopic (exact) mass is 164 g/mol. The van der Waals surface area contributed by atoms with E-state index in [0.29, 0.717) is 5.41 Å². The maximum Gasteiger partial charge on any atom is -0.0147 e. The Morgan fingerprint density at radius 3 is 2.42 bits per heavy atom. The Morgan fingerprint density at radius 1 is 1.25 bits per heavy atom. The topological polar surface area (TPSA) is 0 Å². The maximum atomic E-state index is 3.96. The minimum Gasteiger partial charge on any atom is -0.103 e. The second-order valence-corrected chi connectivity index (χ2v) is 5.31. The third-order valence-electron chi connectivity index (χ3n) is 4.22. The predicted molar refractivity (Wildman–Crippen MR) is 52.9 cm³/mol. The average molecular weight is 164 g/mol. The van der Waals surface area contributed by atoms with E-state index in [0.717, 1.165) is 17.8 Å². The van der Waals surface area contributed by atoms with E-state index in [-0.39, 0.29) is 0 Å². The average Bonchev–Trinajstić information content (AvgIpc) is 2.64. The highest BCUT2D eigenvalue weighted by molar-refractivity contribution is 5.02. The van der Waals surface area contributed by atoms with Gasteiger partial charge in [0.25, 0.3) is 0 Å². The van der Waals surface area contributed by atoms with E-state index in [1.165, 1.54) is 25.7 Å². The molecule has 3 unspecified atom stereocenters. The third-order valence-corrected chi connectivity index (χ3v) is 4.22. The molecule has 0 spiro atoms. The second-order valence-electron chi connectivity index (χ2n) is 5.31. The summed E-state index contributed by atoms with van der Waals surface area (Å²) in [5, 5.41) is 0. The number of hydrogen-bond donors (Lipinski definition) is 0. The quantitative estimate of drug-likeness (QED) is 0.547. The largest absolute Gasteiger partial charge is 0.103 e. The van der Waals surface area contributed by atoms with Gasteiger partial charge in [-0.2, -0.15) is 0 Å². The molecule has 0 amide bonds. The Morgan fingerprint density at radius 2 is 2.00 bits per heavy atom. The van der Waals surface area contributed by atoms with Gasteiger partial charge in [-0.25, -0.2) is 0 Å². The van der Waals surface area contributed by atoms with E-state index < -0.39 is 0 Å². The molecule has 0 radical (unpaired) electrons.